The van der Waals surface area contributed by atoms with Gasteiger partial charge in [-0.15, -0.1) is 0 Å². The molecule has 0 aliphatic heterocycles. The largest absolute Gasteiger partial charge is 0.268 e. The van der Waals surface area contributed by atoms with E-state index in [1.165, 1.54) is 7.05 Å². The fraction of sp³-hybridized carbons (Fsp3) is 0.571. The van der Waals surface area contributed by atoms with Gasteiger partial charge in [-0.25, -0.2) is 12.7 Å². The SMILES string of the molecule is CN(C(=O)C1=CCC1)S(C)(=O)=O. The minimum atomic E-state index is -3.38. The molecule has 5 heteroatoms. The molecule has 0 atom stereocenters. The van der Waals surface area contributed by atoms with Gasteiger partial charge in [0.15, 0.2) is 0 Å². The van der Waals surface area contributed by atoms with Crippen LogP contribution in [0.3, 0.4) is 0 Å². The number of sulfonamides is 1. The van der Waals surface area contributed by atoms with Gasteiger partial charge in [0.2, 0.25) is 10.0 Å². The van der Waals surface area contributed by atoms with Crippen LogP contribution >= 0.6 is 0 Å². The molecule has 1 amide bonds. The van der Waals surface area contributed by atoms with Crippen molar-refractivity contribution in [1.82, 2.24) is 4.31 Å². The van der Waals surface area contributed by atoms with Crippen LogP contribution in [0.5, 0.6) is 0 Å². The summed E-state index contributed by atoms with van der Waals surface area (Å²) in [5.74, 6) is -0.399. The Balaban J connectivity index is 2.78. The molecular formula is C7H11NO3S. The molecule has 0 saturated carbocycles. The van der Waals surface area contributed by atoms with Gasteiger partial charge in [0.1, 0.15) is 0 Å². The van der Waals surface area contributed by atoms with Gasteiger partial charge in [-0.1, -0.05) is 6.08 Å². The lowest BCUT2D eigenvalue weighted by atomic mass is 9.99. The van der Waals surface area contributed by atoms with Gasteiger partial charge in [-0.05, 0) is 12.8 Å². The molecule has 68 valence electrons. The number of likely N-dealkylation sites (N-methyl/N-ethyl adjacent to an activating group) is 1. The van der Waals surface area contributed by atoms with Crippen molar-refractivity contribution in [2.75, 3.05) is 13.3 Å². The second kappa shape index (κ2) is 2.90. The highest BCUT2D eigenvalue weighted by molar-refractivity contribution is 7.88. The Morgan fingerprint density at radius 3 is 2.33 bits per heavy atom. The number of hydrogen-bond acceptors (Lipinski definition) is 3. The third kappa shape index (κ3) is 1.66. The van der Waals surface area contributed by atoms with E-state index in [9.17, 15) is 13.2 Å². The summed E-state index contributed by atoms with van der Waals surface area (Å²) in [6.07, 6.45) is 4.34. The van der Waals surface area contributed by atoms with Crippen molar-refractivity contribution >= 4 is 15.9 Å². The van der Waals surface area contributed by atoms with Gasteiger partial charge in [0.05, 0.1) is 6.26 Å². The lowest BCUT2D eigenvalue weighted by Gasteiger charge is -2.19. The Morgan fingerprint density at radius 1 is 1.58 bits per heavy atom. The molecule has 0 aromatic carbocycles. The average molecular weight is 189 g/mol. The smallest absolute Gasteiger partial charge is 0.262 e. The fourth-order valence-corrected chi connectivity index (χ4v) is 1.25. The van der Waals surface area contributed by atoms with Crippen LogP contribution in [0.1, 0.15) is 12.8 Å². The highest BCUT2D eigenvalue weighted by Gasteiger charge is 2.23. The number of hydrogen-bond donors (Lipinski definition) is 0. The van der Waals surface area contributed by atoms with Crippen LogP contribution in [0.4, 0.5) is 0 Å². The molecule has 0 saturated heterocycles. The minimum Gasteiger partial charge on any atom is -0.268 e. The number of carbonyl (C=O) groups excluding carboxylic acids is 1. The van der Waals surface area contributed by atoms with E-state index >= 15 is 0 Å². The first-order valence-electron chi connectivity index (χ1n) is 3.60. The lowest BCUT2D eigenvalue weighted by Crippen LogP contribution is -2.34. The van der Waals surface area contributed by atoms with E-state index in [0.29, 0.717) is 12.0 Å². The summed E-state index contributed by atoms with van der Waals surface area (Å²) in [5, 5.41) is 0. The maximum Gasteiger partial charge on any atom is 0.262 e. The second-order valence-electron chi connectivity index (χ2n) is 2.80. The van der Waals surface area contributed by atoms with E-state index in [1.54, 1.807) is 6.08 Å². The molecule has 12 heavy (non-hydrogen) atoms. The summed E-state index contributed by atoms with van der Waals surface area (Å²) in [6, 6.07) is 0. The summed E-state index contributed by atoms with van der Waals surface area (Å²) < 4.78 is 22.6. The van der Waals surface area contributed by atoms with Crippen molar-refractivity contribution in [2.45, 2.75) is 12.8 Å². The molecular weight excluding hydrogens is 178 g/mol. The quantitative estimate of drug-likeness (QED) is 0.620. The Morgan fingerprint density at radius 2 is 2.08 bits per heavy atom. The standard InChI is InChI=1S/C7H11NO3S/c1-8(12(2,10)11)7(9)6-4-3-5-6/h4H,3,5H2,1-2H3. The number of carbonyl (C=O) groups is 1. The Kier molecular flexibility index (Phi) is 2.23. The molecule has 0 aromatic heterocycles. The van der Waals surface area contributed by atoms with Gasteiger partial charge in [0, 0.05) is 12.6 Å². The highest BCUT2D eigenvalue weighted by Crippen LogP contribution is 2.20. The normalized spacial score (nSPS) is 16.3. The van der Waals surface area contributed by atoms with Crippen LogP contribution < -0.4 is 0 Å². The first-order valence-corrected chi connectivity index (χ1v) is 5.45. The summed E-state index contributed by atoms with van der Waals surface area (Å²) in [7, 11) is -2.11. The summed E-state index contributed by atoms with van der Waals surface area (Å²) in [5.41, 5.74) is 0.600. The Hall–Kier alpha value is -0.840. The fourth-order valence-electron chi connectivity index (χ4n) is 0.836. The third-order valence-corrected chi connectivity index (χ3v) is 3.02. The van der Waals surface area contributed by atoms with Crippen LogP contribution in [0.25, 0.3) is 0 Å². The maximum absolute atomic E-state index is 11.3. The topological polar surface area (TPSA) is 54.5 Å². The van der Waals surface area contributed by atoms with Gasteiger partial charge in [-0.3, -0.25) is 4.79 Å². The molecule has 1 rings (SSSR count). The molecule has 0 heterocycles. The molecule has 0 unspecified atom stereocenters. The van der Waals surface area contributed by atoms with E-state index in [2.05, 4.69) is 0 Å². The molecule has 4 nitrogen and oxygen atoms in total. The van der Waals surface area contributed by atoms with Gasteiger partial charge in [0.25, 0.3) is 5.91 Å². The molecule has 0 bridgehead atoms. The molecule has 1 aliphatic rings. The van der Waals surface area contributed by atoms with Crippen molar-refractivity contribution < 1.29 is 13.2 Å². The zero-order valence-electron chi connectivity index (χ0n) is 7.07. The van der Waals surface area contributed by atoms with Crippen LogP contribution in [0.2, 0.25) is 0 Å². The predicted octanol–water partition coefficient (Wildman–Crippen LogP) is 0.125. The monoisotopic (exact) mass is 189 g/mol. The molecule has 0 aromatic rings. The molecule has 0 spiro atoms. The summed E-state index contributed by atoms with van der Waals surface area (Å²) in [6.45, 7) is 0. The first-order chi connectivity index (χ1) is 5.43. The summed E-state index contributed by atoms with van der Waals surface area (Å²) in [4.78, 5) is 11.3. The van der Waals surface area contributed by atoms with Gasteiger partial charge < -0.3 is 0 Å². The second-order valence-corrected chi connectivity index (χ2v) is 4.82. The highest BCUT2D eigenvalue weighted by atomic mass is 32.2. The van der Waals surface area contributed by atoms with Crippen molar-refractivity contribution in [2.24, 2.45) is 0 Å². The zero-order valence-corrected chi connectivity index (χ0v) is 7.89. The predicted molar refractivity (Wildman–Crippen MR) is 44.9 cm³/mol. The van der Waals surface area contributed by atoms with E-state index in [4.69, 9.17) is 0 Å². The first kappa shape index (κ1) is 9.25. The number of rotatable bonds is 2. The lowest BCUT2D eigenvalue weighted by molar-refractivity contribution is -0.122. The van der Waals surface area contributed by atoms with Crippen LogP contribution in [0.15, 0.2) is 11.6 Å². The van der Waals surface area contributed by atoms with Crippen LogP contribution in [-0.4, -0.2) is 31.9 Å². The Bertz CT molecular complexity index is 329. The van der Waals surface area contributed by atoms with E-state index in [1.807, 2.05) is 0 Å². The molecule has 0 radical (unpaired) electrons. The number of allylic oxidation sites excluding steroid dienone is 1. The average Bonchev–Trinajstić information content (AvgIpc) is 1.79. The van der Waals surface area contributed by atoms with Gasteiger partial charge >= 0.3 is 0 Å². The van der Waals surface area contributed by atoms with E-state index in [-0.39, 0.29) is 0 Å². The molecule has 1 aliphatic carbocycles. The number of amides is 1. The van der Waals surface area contributed by atoms with Crippen LogP contribution in [0, 0.1) is 0 Å². The van der Waals surface area contributed by atoms with E-state index < -0.39 is 15.9 Å². The Labute approximate surface area is 71.9 Å². The zero-order chi connectivity index (χ0) is 9.35. The van der Waals surface area contributed by atoms with Crippen molar-refractivity contribution in [3.05, 3.63) is 11.6 Å². The molecule has 0 fully saturated rings. The maximum atomic E-state index is 11.3. The van der Waals surface area contributed by atoms with Crippen molar-refractivity contribution in [1.29, 1.82) is 0 Å². The van der Waals surface area contributed by atoms with Gasteiger partial charge in [-0.2, -0.15) is 0 Å². The van der Waals surface area contributed by atoms with Crippen LogP contribution in [-0.2, 0) is 14.8 Å². The minimum absolute atomic E-state index is 0.399. The van der Waals surface area contributed by atoms with Crippen molar-refractivity contribution in [3.8, 4) is 0 Å². The van der Waals surface area contributed by atoms with E-state index in [0.717, 1.165) is 17.0 Å². The number of nitrogens with zero attached hydrogens (tertiary/aromatic N) is 1. The molecule has 0 N–H and O–H groups in total. The summed E-state index contributed by atoms with van der Waals surface area (Å²) >= 11 is 0. The van der Waals surface area contributed by atoms with Crippen molar-refractivity contribution in [3.63, 3.8) is 0 Å². The third-order valence-electron chi connectivity index (χ3n) is 1.86.